The van der Waals surface area contributed by atoms with Gasteiger partial charge in [0.1, 0.15) is 5.65 Å². The van der Waals surface area contributed by atoms with Gasteiger partial charge in [0.15, 0.2) is 0 Å². The van der Waals surface area contributed by atoms with E-state index in [1.165, 1.54) is 0 Å². The quantitative estimate of drug-likeness (QED) is 0.562. The first-order chi connectivity index (χ1) is 7.35. The average Bonchev–Trinajstić information content (AvgIpc) is 2.72. The topological polar surface area (TPSA) is 32.9 Å². The number of aromatic nitrogens is 2. The van der Waals surface area contributed by atoms with E-state index in [4.69, 9.17) is 0 Å². The first-order valence-electron chi connectivity index (χ1n) is 4.68. The molecule has 0 saturated heterocycles. The Labute approximate surface area is 88.2 Å². The molecule has 0 radical (unpaired) electrons. The van der Waals surface area contributed by atoms with Gasteiger partial charge >= 0.3 is 0 Å². The lowest BCUT2D eigenvalue weighted by atomic mass is 10.4. The molecule has 4 nitrogen and oxygen atoms in total. The normalized spacial score (nSPS) is 11.0. The Morgan fingerprint density at radius 3 is 3.13 bits per heavy atom. The Hall–Kier alpha value is -2.10. The minimum Gasteiger partial charge on any atom is -0.307 e. The van der Waals surface area contributed by atoms with E-state index in [-0.39, 0.29) is 0 Å². The van der Waals surface area contributed by atoms with Crippen molar-refractivity contribution in [1.29, 1.82) is 0 Å². The van der Waals surface area contributed by atoms with Crippen molar-refractivity contribution >= 4 is 17.5 Å². The fraction of sp³-hybridized carbons (Fsp3) is 0.0909. The summed E-state index contributed by atoms with van der Waals surface area (Å²) in [7, 11) is 0. The fourth-order valence-corrected chi connectivity index (χ4v) is 1.39. The van der Waals surface area contributed by atoms with Gasteiger partial charge in [-0.3, -0.25) is 0 Å². The molecule has 2 heterocycles. The Morgan fingerprint density at radius 2 is 2.40 bits per heavy atom. The van der Waals surface area contributed by atoms with Crippen molar-refractivity contribution in [2.45, 2.75) is 6.92 Å². The molecule has 15 heavy (non-hydrogen) atoms. The Kier molecular flexibility index (Phi) is 2.49. The molecule has 0 amide bonds. The van der Waals surface area contributed by atoms with Gasteiger partial charge in [-0.25, -0.2) is 9.99 Å². The summed E-state index contributed by atoms with van der Waals surface area (Å²) in [5, 5.41) is 5.86. The van der Waals surface area contributed by atoms with Crippen molar-refractivity contribution in [3.63, 3.8) is 0 Å². The van der Waals surface area contributed by atoms with Crippen molar-refractivity contribution in [2.75, 3.05) is 5.01 Å². The predicted octanol–water partition coefficient (Wildman–Crippen LogP) is 2.29. The molecule has 2 aromatic rings. The molecule has 0 spiro atoms. The summed E-state index contributed by atoms with van der Waals surface area (Å²) in [6.45, 7) is 5.57. The average molecular weight is 200 g/mol. The third-order valence-corrected chi connectivity index (χ3v) is 2.06. The SMILES string of the molecule is C=CN(/N=C\C)c1ccn2ccnc2c1. The Bertz CT molecular complexity index is 498. The maximum absolute atomic E-state index is 4.21. The van der Waals surface area contributed by atoms with Gasteiger partial charge in [0.25, 0.3) is 0 Å². The second-order valence-electron chi connectivity index (χ2n) is 2.98. The molecule has 0 atom stereocenters. The molecule has 2 rings (SSSR count). The third-order valence-electron chi connectivity index (χ3n) is 2.06. The second kappa shape index (κ2) is 3.96. The number of imidazole rings is 1. The lowest BCUT2D eigenvalue weighted by Gasteiger charge is -2.13. The predicted molar refractivity (Wildman–Crippen MR) is 62.0 cm³/mol. The summed E-state index contributed by atoms with van der Waals surface area (Å²) in [5.74, 6) is 0. The molecule has 0 aliphatic rings. The summed E-state index contributed by atoms with van der Waals surface area (Å²) in [5.41, 5.74) is 1.84. The molecule has 76 valence electrons. The van der Waals surface area contributed by atoms with Crippen LogP contribution in [0.1, 0.15) is 6.92 Å². The molecule has 0 bridgehead atoms. The highest BCUT2D eigenvalue weighted by atomic mass is 15.4. The highest BCUT2D eigenvalue weighted by Gasteiger charge is 2.01. The van der Waals surface area contributed by atoms with Crippen LogP contribution in [0.2, 0.25) is 0 Å². The first kappa shape index (κ1) is 9.45. The molecule has 0 N–H and O–H groups in total. The summed E-state index contributed by atoms with van der Waals surface area (Å²) in [4.78, 5) is 4.21. The molecule has 0 fully saturated rings. The largest absolute Gasteiger partial charge is 0.307 e. The molecule has 0 aliphatic carbocycles. The van der Waals surface area contributed by atoms with Gasteiger partial charge in [-0.05, 0) is 13.0 Å². The number of rotatable bonds is 3. The van der Waals surface area contributed by atoms with Crippen LogP contribution < -0.4 is 5.01 Å². The van der Waals surface area contributed by atoms with Crippen molar-refractivity contribution < 1.29 is 0 Å². The Balaban J connectivity index is 2.45. The number of hydrazone groups is 1. The van der Waals surface area contributed by atoms with Crippen LogP contribution in [0.25, 0.3) is 5.65 Å². The minimum atomic E-state index is 0.894. The van der Waals surface area contributed by atoms with Gasteiger partial charge in [0, 0.05) is 37.1 Å². The van der Waals surface area contributed by atoms with Crippen LogP contribution in [0.3, 0.4) is 0 Å². The van der Waals surface area contributed by atoms with Gasteiger partial charge in [-0.2, -0.15) is 5.10 Å². The van der Waals surface area contributed by atoms with E-state index in [2.05, 4.69) is 16.7 Å². The van der Waals surface area contributed by atoms with Gasteiger partial charge in [-0.1, -0.05) is 6.58 Å². The van der Waals surface area contributed by atoms with E-state index in [0.717, 1.165) is 11.3 Å². The smallest absolute Gasteiger partial charge is 0.138 e. The zero-order chi connectivity index (χ0) is 10.7. The van der Waals surface area contributed by atoms with Crippen LogP contribution in [0, 0.1) is 0 Å². The van der Waals surface area contributed by atoms with Crippen molar-refractivity contribution in [3.8, 4) is 0 Å². The number of hydrogen-bond acceptors (Lipinski definition) is 3. The van der Waals surface area contributed by atoms with E-state index in [9.17, 15) is 0 Å². The van der Waals surface area contributed by atoms with Crippen molar-refractivity contribution in [1.82, 2.24) is 9.38 Å². The lowest BCUT2D eigenvalue weighted by Crippen LogP contribution is -2.06. The molecular weight excluding hydrogens is 188 g/mol. The van der Waals surface area contributed by atoms with E-state index < -0.39 is 0 Å². The zero-order valence-corrected chi connectivity index (χ0v) is 8.54. The number of nitrogens with zero attached hydrogens (tertiary/aromatic N) is 4. The van der Waals surface area contributed by atoms with Gasteiger partial charge < -0.3 is 4.40 Å². The summed E-state index contributed by atoms with van der Waals surface area (Å²) in [6.07, 6.45) is 8.99. The first-order valence-corrected chi connectivity index (χ1v) is 4.68. The lowest BCUT2D eigenvalue weighted by molar-refractivity contribution is 1.07. The molecule has 2 aromatic heterocycles. The standard InChI is InChI=1S/C11H12N4/c1-3-13-15(4-2)10-5-7-14-8-6-12-11(14)9-10/h3-9H,2H2,1H3/b13-3-. The van der Waals surface area contributed by atoms with Gasteiger partial charge in [0.2, 0.25) is 0 Å². The zero-order valence-electron chi connectivity index (χ0n) is 8.54. The maximum atomic E-state index is 4.21. The van der Waals surface area contributed by atoms with Crippen LogP contribution in [0.4, 0.5) is 5.69 Å². The van der Waals surface area contributed by atoms with Crippen molar-refractivity contribution in [3.05, 3.63) is 43.5 Å². The summed E-state index contributed by atoms with van der Waals surface area (Å²) >= 11 is 0. The highest BCUT2D eigenvalue weighted by molar-refractivity contribution is 5.61. The van der Waals surface area contributed by atoms with Crippen LogP contribution in [0.15, 0.2) is 48.6 Å². The molecule has 0 saturated carbocycles. The van der Waals surface area contributed by atoms with E-state index in [1.807, 2.05) is 35.9 Å². The van der Waals surface area contributed by atoms with Crippen LogP contribution in [-0.2, 0) is 0 Å². The molecule has 0 unspecified atom stereocenters. The van der Waals surface area contributed by atoms with E-state index >= 15 is 0 Å². The second-order valence-corrected chi connectivity index (χ2v) is 2.98. The Morgan fingerprint density at radius 1 is 1.53 bits per heavy atom. The van der Waals surface area contributed by atoms with Gasteiger partial charge in [0.05, 0.1) is 5.69 Å². The molecular formula is C11H12N4. The van der Waals surface area contributed by atoms with Gasteiger partial charge in [-0.15, -0.1) is 0 Å². The highest BCUT2D eigenvalue weighted by Crippen LogP contribution is 2.16. The van der Waals surface area contributed by atoms with Crippen LogP contribution >= 0.6 is 0 Å². The monoisotopic (exact) mass is 200 g/mol. The number of fused-ring (bicyclic) bond motifs is 1. The summed E-state index contributed by atoms with van der Waals surface area (Å²) in [6, 6.07) is 3.91. The molecule has 4 heteroatoms. The maximum Gasteiger partial charge on any atom is 0.138 e. The van der Waals surface area contributed by atoms with E-state index in [1.54, 1.807) is 23.6 Å². The summed E-state index contributed by atoms with van der Waals surface area (Å²) < 4.78 is 1.94. The molecule has 0 aromatic carbocycles. The van der Waals surface area contributed by atoms with Crippen LogP contribution in [-0.4, -0.2) is 15.6 Å². The van der Waals surface area contributed by atoms with Crippen LogP contribution in [0.5, 0.6) is 0 Å². The number of hydrogen-bond donors (Lipinski definition) is 0. The van der Waals surface area contributed by atoms with Crippen molar-refractivity contribution in [2.24, 2.45) is 5.10 Å². The number of pyridine rings is 1. The fourth-order valence-electron chi connectivity index (χ4n) is 1.39. The molecule has 0 aliphatic heterocycles. The minimum absolute atomic E-state index is 0.894. The number of anilines is 1. The third kappa shape index (κ3) is 1.74. The van der Waals surface area contributed by atoms with E-state index in [0.29, 0.717) is 0 Å².